The Balaban J connectivity index is 1.81. The maximum absolute atomic E-state index is 13.5. The van der Waals surface area contributed by atoms with Crippen LogP contribution < -0.4 is 10.9 Å². The van der Waals surface area contributed by atoms with Crippen LogP contribution in [0.1, 0.15) is 36.6 Å². The number of hydrogen-bond donors (Lipinski definition) is 1. The quantitative estimate of drug-likeness (QED) is 0.491. The highest BCUT2D eigenvalue weighted by atomic mass is 32.2. The standard InChI is InChI=1S/C21H23N3O2S2/c1-2-12-22-17(25)13-27-21-23-19-18(15-10-6-7-11-16(15)28-19)20(26)24(21)14-8-4-3-5-9-14/h3-5,8-9H,2,6-7,10-13H2,1H3,(H,22,25). The molecule has 3 aromatic rings. The summed E-state index contributed by atoms with van der Waals surface area (Å²) in [4.78, 5) is 32.5. The minimum Gasteiger partial charge on any atom is -0.355 e. The molecule has 4 rings (SSSR count). The Bertz CT molecular complexity index is 1060. The lowest BCUT2D eigenvalue weighted by molar-refractivity contribution is -0.118. The van der Waals surface area contributed by atoms with E-state index in [1.165, 1.54) is 28.6 Å². The number of carbonyl (C=O) groups excluding carboxylic acids is 1. The van der Waals surface area contributed by atoms with Gasteiger partial charge in [0.1, 0.15) is 4.83 Å². The average molecular weight is 414 g/mol. The number of carbonyl (C=O) groups is 1. The molecule has 7 heteroatoms. The second-order valence-electron chi connectivity index (χ2n) is 6.90. The van der Waals surface area contributed by atoms with Crippen LogP contribution >= 0.6 is 23.1 Å². The number of nitrogens with one attached hydrogen (secondary N) is 1. The predicted molar refractivity (Wildman–Crippen MR) is 116 cm³/mol. The van der Waals surface area contributed by atoms with Crippen LogP contribution in [0.25, 0.3) is 15.9 Å². The lowest BCUT2D eigenvalue weighted by atomic mass is 9.97. The maximum atomic E-state index is 13.5. The van der Waals surface area contributed by atoms with Crippen molar-refractivity contribution in [2.45, 2.75) is 44.2 Å². The van der Waals surface area contributed by atoms with Crippen molar-refractivity contribution in [3.8, 4) is 5.69 Å². The highest BCUT2D eigenvalue weighted by molar-refractivity contribution is 7.99. The molecule has 0 fully saturated rings. The molecule has 1 aliphatic carbocycles. The van der Waals surface area contributed by atoms with Gasteiger partial charge in [-0.25, -0.2) is 4.98 Å². The molecule has 0 radical (unpaired) electrons. The summed E-state index contributed by atoms with van der Waals surface area (Å²) in [7, 11) is 0. The number of hydrogen-bond acceptors (Lipinski definition) is 5. The molecule has 1 aromatic carbocycles. The third-order valence-electron chi connectivity index (χ3n) is 4.88. The first-order chi connectivity index (χ1) is 13.7. The first-order valence-corrected chi connectivity index (χ1v) is 11.5. The Morgan fingerprint density at radius 1 is 1.25 bits per heavy atom. The Kier molecular flexibility index (Phi) is 5.82. The summed E-state index contributed by atoms with van der Waals surface area (Å²) < 4.78 is 1.67. The lowest BCUT2D eigenvalue weighted by Crippen LogP contribution is -2.27. The summed E-state index contributed by atoms with van der Waals surface area (Å²) in [6, 6.07) is 9.58. The molecule has 0 saturated heterocycles. The van der Waals surface area contributed by atoms with E-state index in [2.05, 4.69) is 5.32 Å². The van der Waals surface area contributed by atoms with E-state index in [9.17, 15) is 9.59 Å². The van der Waals surface area contributed by atoms with Crippen molar-refractivity contribution in [1.82, 2.24) is 14.9 Å². The number of benzene rings is 1. The average Bonchev–Trinajstić information content (AvgIpc) is 3.10. The molecule has 0 aliphatic heterocycles. The molecule has 0 spiro atoms. The number of fused-ring (bicyclic) bond motifs is 3. The van der Waals surface area contributed by atoms with Crippen LogP contribution in [0.3, 0.4) is 0 Å². The molecule has 2 aromatic heterocycles. The molecular weight excluding hydrogens is 390 g/mol. The van der Waals surface area contributed by atoms with Crippen molar-refractivity contribution in [3.63, 3.8) is 0 Å². The molecule has 2 heterocycles. The third kappa shape index (κ3) is 3.73. The normalized spacial score (nSPS) is 13.5. The van der Waals surface area contributed by atoms with Gasteiger partial charge in [0, 0.05) is 11.4 Å². The maximum Gasteiger partial charge on any atom is 0.267 e. The molecule has 0 atom stereocenters. The summed E-state index contributed by atoms with van der Waals surface area (Å²) in [6.07, 6.45) is 5.18. The van der Waals surface area contributed by atoms with E-state index in [0.29, 0.717) is 11.7 Å². The Morgan fingerprint density at radius 3 is 2.82 bits per heavy atom. The topological polar surface area (TPSA) is 64.0 Å². The van der Waals surface area contributed by atoms with Crippen LogP contribution in [0.5, 0.6) is 0 Å². The Hall–Kier alpha value is -2.12. The van der Waals surface area contributed by atoms with Crippen molar-refractivity contribution < 1.29 is 4.79 Å². The summed E-state index contributed by atoms with van der Waals surface area (Å²) in [5.74, 6) is 0.210. The molecule has 146 valence electrons. The van der Waals surface area contributed by atoms with Crippen molar-refractivity contribution in [2.24, 2.45) is 0 Å². The van der Waals surface area contributed by atoms with Gasteiger partial charge in [0.25, 0.3) is 5.56 Å². The van der Waals surface area contributed by atoms with Crippen molar-refractivity contribution in [1.29, 1.82) is 0 Å². The number of thiophene rings is 1. The van der Waals surface area contributed by atoms with Gasteiger partial charge in [-0.05, 0) is 49.8 Å². The summed E-state index contributed by atoms with van der Waals surface area (Å²) in [5.41, 5.74) is 1.95. The first kappa shape index (κ1) is 19.2. The van der Waals surface area contributed by atoms with E-state index in [1.54, 1.807) is 15.9 Å². The summed E-state index contributed by atoms with van der Waals surface area (Å²) >= 11 is 2.96. The fourth-order valence-corrected chi connectivity index (χ4v) is 5.68. The predicted octanol–water partition coefficient (Wildman–Crippen LogP) is 3.94. The highest BCUT2D eigenvalue weighted by Gasteiger charge is 2.23. The second kappa shape index (κ2) is 8.49. The van der Waals surface area contributed by atoms with Gasteiger partial charge in [0.2, 0.25) is 5.91 Å². The second-order valence-corrected chi connectivity index (χ2v) is 8.93. The molecule has 0 saturated carbocycles. The van der Waals surface area contributed by atoms with E-state index in [0.717, 1.165) is 41.6 Å². The number of nitrogens with zero attached hydrogens (tertiary/aromatic N) is 2. The third-order valence-corrected chi connectivity index (χ3v) is 7.00. The minimum absolute atomic E-state index is 0.0212. The lowest BCUT2D eigenvalue weighted by Gasteiger charge is -2.13. The van der Waals surface area contributed by atoms with E-state index in [-0.39, 0.29) is 17.2 Å². The zero-order valence-corrected chi connectivity index (χ0v) is 17.5. The van der Waals surface area contributed by atoms with Crippen LogP contribution in [0.15, 0.2) is 40.3 Å². The van der Waals surface area contributed by atoms with Crippen LogP contribution in [-0.2, 0) is 17.6 Å². The molecule has 0 bridgehead atoms. The molecule has 28 heavy (non-hydrogen) atoms. The van der Waals surface area contributed by atoms with Crippen molar-refractivity contribution in [2.75, 3.05) is 12.3 Å². The van der Waals surface area contributed by atoms with Crippen molar-refractivity contribution >= 4 is 39.2 Å². The van der Waals surface area contributed by atoms with Gasteiger partial charge in [-0.1, -0.05) is 36.9 Å². The van der Waals surface area contributed by atoms with E-state index in [4.69, 9.17) is 4.98 Å². The molecule has 5 nitrogen and oxygen atoms in total. The van der Waals surface area contributed by atoms with E-state index >= 15 is 0 Å². The number of thioether (sulfide) groups is 1. The Labute approximate surface area is 172 Å². The molecular formula is C21H23N3O2S2. The number of para-hydroxylation sites is 1. The van der Waals surface area contributed by atoms with Gasteiger partial charge in [-0.15, -0.1) is 11.3 Å². The fourth-order valence-electron chi connectivity index (χ4n) is 3.53. The first-order valence-electron chi connectivity index (χ1n) is 9.71. The molecule has 1 N–H and O–H groups in total. The van der Waals surface area contributed by atoms with Crippen LogP contribution in [0.4, 0.5) is 0 Å². The van der Waals surface area contributed by atoms with Gasteiger partial charge in [-0.3, -0.25) is 14.2 Å². The summed E-state index contributed by atoms with van der Waals surface area (Å²) in [6.45, 7) is 2.68. The zero-order chi connectivity index (χ0) is 19.5. The van der Waals surface area contributed by atoms with E-state index in [1.807, 2.05) is 37.3 Å². The number of aromatic nitrogens is 2. The van der Waals surface area contributed by atoms with Gasteiger partial charge in [0.05, 0.1) is 16.8 Å². The highest BCUT2D eigenvalue weighted by Crippen LogP contribution is 2.35. The Morgan fingerprint density at radius 2 is 2.04 bits per heavy atom. The van der Waals surface area contributed by atoms with Gasteiger partial charge in [-0.2, -0.15) is 0 Å². The molecule has 1 amide bonds. The van der Waals surface area contributed by atoms with Crippen LogP contribution in [-0.4, -0.2) is 27.8 Å². The number of aryl methyl sites for hydroxylation is 2. The monoisotopic (exact) mass is 413 g/mol. The number of amides is 1. The van der Waals surface area contributed by atoms with Gasteiger partial charge < -0.3 is 5.32 Å². The SMILES string of the molecule is CCCNC(=O)CSc1nc2sc3c(c2c(=O)n1-c1ccccc1)CCCC3. The van der Waals surface area contributed by atoms with Crippen LogP contribution in [0.2, 0.25) is 0 Å². The van der Waals surface area contributed by atoms with Crippen LogP contribution in [0, 0.1) is 0 Å². The van der Waals surface area contributed by atoms with E-state index < -0.39 is 0 Å². The van der Waals surface area contributed by atoms with Gasteiger partial charge >= 0.3 is 0 Å². The smallest absolute Gasteiger partial charge is 0.267 e. The minimum atomic E-state index is -0.0359. The number of rotatable bonds is 6. The molecule has 1 aliphatic rings. The fraction of sp³-hybridized carbons (Fsp3) is 0.381. The molecule has 0 unspecified atom stereocenters. The van der Waals surface area contributed by atoms with Crippen molar-refractivity contribution in [3.05, 3.63) is 51.1 Å². The largest absolute Gasteiger partial charge is 0.355 e. The summed E-state index contributed by atoms with van der Waals surface area (Å²) in [5, 5.41) is 4.23. The van der Waals surface area contributed by atoms with Gasteiger partial charge in [0.15, 0.2) is 5.16 Å². The zero-order valence-electron chi connectivity index (χ0n) is 15.9.